The third kappa shape index (κ3) is 9.66. The first-order valence-electron chi connectivity index (χ1n) is 12.1. The molecule has 2 aromatic rings. The predicted molar refractivity (Wildman–Crippen MR) is 135 cm³/mol. The number of aromatic nitrogens is 2. The van der Waals surface area contributed by atoms with Crippen molar-refractivity contribution in [3.05, 3.63) is 54.1 Å². The topological polar surface area (TPSA) is 200 Å². The van der Waals surface area contributed by atoms with Crippen molar-refractivity contribution >= 4 is 23.7 Å². The van der Waals surface area contributed by atoms with Gasteiger partial charge in [-0.05, 0) is 24.8 Å². The number of imidazole rings is 1. The van der Waals surface area contributed by atoms with Crippen LogP contribution in [0, 0.1) is 5.92 Å². The van der Waals surface area contributed by atoms with Crippen LogP contribution >= 0.6 is 0 Å². The van der Waals surface area contributed by atoms with Gasteiger partial charge in [-0.15, -0.1) is 0 Å². The van der Waals surface area contributed by atoms with E-state index in [9.17, 15) is 29.4 Å². The summed E-state index contributed by atoms with van der Waals surface area (Å²) in [6.07, 6.45) is 2.08. The van der Waals surface area contributed by atoms with Crippen LogP contribution in [0.3, 0.4) is 0 Å². The average molecular weight is 517 g/mol. The highest BCUT2D eigenvalue weighted by Gasteiger charge is 2.31. The fourth-order valence-corrected chi connectivity index (χ4v) is 3.61. The number of aliphatic hydroxyl groups is 1. The molecule has 3 amide bonds. The van der Waals surface area contributed by atoms with Gasteiger partial charge < -0.3 is 36.9 Å². The van der Waals surface area contributed by atoms with Crippen molar-refractivity contribution in [3.63, 3.8) is 0 Å². The second kappa shape index (κ2) is 14.1. The Kier molecular flexibility index (Phi) is 11.2. The minimum Gasteiger partial charge on any atom is -0.480 e. The number of hydrogen-bond acceptors (Lipinski definition) is 7. The van der Waals surface area contributed by atoms with Crippen LogP contribution in [0.1, 0.15) is 38.4 Å². The third-order valence-corrected chi connectivity index (χ3v) is 5.67. The van der Waals surface area contributed by atoms with Crippen LogP contribution in [0.2, 0.25) is 0 Å². The lowest BCUT2D eigenvalue weighted by molar-refractivity contribution is -0.142. The van der Waals surface area contributed by atoms with Crippen molar-refractivity contribution < 1.29 is 29.4 Å². The Hall–Kier alpha value is -3.77. The van der Waals surface area contributed by atoms with Gasteiger partial charge in [0.1, 0.15) is 24.2 Å². The maximum Gasteiger partial charge on any atom is 0.326 e. The van der Waals surface area contributed by atoms with E-state index in [0.717, 1.165) is 5.56 Å². The lowest BCUT2D eigenvalue weighted by Crippen LogP contribution is -2.58. The van der Waals surface area contributed by atoms with E-state index in [0.29, 0.717) is 5.69 Å². The van der Waals surface area contributed by atoms with Gasteiger partial charge in [-0.2, -0.15) is 0 Å². The lowest BCUT2D eigenvalue weighted by atomic mass is 10.0. The number of hydrogen-bond donors (Lipinski definition) is 7. The highest BCUT2D eigenvalue weighted by Crippen LogP contribution is 2.09. The summed E-state index contributed by atoms with van der Waals surface area (Å²) < 4.78 is 0. The molecule has 0 radical (unpaired) electrons. The van der Waals surface area contributed by atoms with Gasteiger partial charge in [-0.3, -0.25) is 14.4 Å². The van der Waals surface area contributed by atoms with Crippen LogP contribution < -0.4 is 21.7 Å². The predicted octanol–water partition coefficient (Wildman–Crippen LogP) is -0.512. The molecule has 0 fully saturated rings. The number of nitrogens with one attached hydrogen (secondary N) is 4. The van der Waals surface area contributed by atoms with Crippen LogP contribution in [0.15, 0.2) is 42.9 Å². The number of carbonyl (C=O) groups excluding carboxylic acids is 3. The van der Waals surface area contributed by atoms with Gasteiger partial charge in [0.05, 0.1) is 12.4 Å². The van der Waals surface area contributed by atoms with Gasteiger partial charge in [0, 0.05) is 24.7 Å². The molecule has 0 spiro atoms. The van der Waals surface area contributed by atoms with Gasteiger partial charge in [-0.1, -0.05) is 44.2 Å². The van der Waals surface area contributed by atoms with Crippen LogP contribution in [-0.2, 0) is 32.0 Å². The second-order valence-electron chi connectivity index (χ2n) is 9.39. The number of H-pyrrole nitrogens is 1. The molecule has 1 aromatic carbocycles. The highest BCUT2D eigenvalue weighted by atomic mass is 16.4. The largest absolute Gasteiger partial charge is 0.480 e. The maximum absolute atomic E-state index is 13.2. The molecule has 5 unspecified atom stereocenters. The van der Waals surface area contributed by atoms with E-state index in [1.165, 1.54) is 19.4 Å². The van der Waals surface area contributed by atoms with Crippen molar-refractivity contribution in [1.29, 1.82) is 0 Å². The van der Waals surface area contributed by atoms with E-state index in [1.807, 2.05) is 13.8 Å². The summed E-state index contributed by atoms with van der Waals surface area (Å²) in [6, 6.07) is 4.18. The van der Waals surface area contributed by atoms with E-state index in [2.05, 4.69) is 25.9 Å². The average Bonchev–Trinajstić information content (AvgIpc) is 3.35. The zero-order valence-electron chi connectivity index (χ0n) is 21.2. The number of nitrogens with two attached hydrogens (primary N) is 1. The first-order valence-corrected chi connectivity index (χ1v) is 12.1. The fourth-order valence-electron chi connectivity index (χ4n) is 3.61. The normalized spacial score (nSPS) is 15.2. The number of aromatic amines is 1. The molecule has 5 atom stereocenters. The molecule has 12 nitrogen and oxygen atoms in total. The van der Waals surface area contributed by atoms with Gasteiger partial charge in [-0.25, -0.2) is 9.78 Å². The summed E-state index contributed by atoms with van der Waals surface area (Å²) in [5.41, 5.74) is 6.96. The number of benzene rings is 1. The monoisotopic (exact) mass is 516 g/mol. The van der Waals surface area contributed by atoms with Gasteiger partial charge in [0.25, 0.3) is 0 Å². The molecule has 202 valence electrons. The number of carboxylic acid groups (broad SMARTS) is 1. The van der Waals surface area contributed by atoms with Crippen molar-refractivity contribution in [1.82, 2.24) is 25.9 Å². The molecule has 1 aromatic heterocycles. The number of carboxylic acids is 1. The minimum atomic E-state index is -1.24. The van der Waals surface area contributed by atoms with Gasteiger partial charge in [0.15, 0.2) is 0 Å². The molecule has 0 aliphatic heterocycles. The van der Waals surface area contributed by atoms with E-state index in [1.54, 1.807) is 30.3 Å². The summed E-state index contributed by atoms with van der Waals surface area (Å²) >= 11 is 0. The Bertz CT molecular complexity index is 1030. The number of carbonyl (C=O) groups is 4. The molecule has 0 bridgehead atoms. The number of nitrogens with zero attached hydrogens (tertiary/aromatic N) is 1. The molecular weight excluding hydrogens is 480 g/mol. The van der Waals surface area contributed by atoms with Crippen LogP contribution in [0.5, 0.6) is 0 Å². The smallest absolute Gasteiger partial charge is 0.326 e. The Morgan fingerprint density at radius 1 is 0.919 bits per heavy atom. The van der Waals surface area contributed by atoms with Crippen LogP contribution in [-0.4, -0.2) is 74.1 Å². The van der Waals surface area contributed by atoms with E-state index in [-0.39, 0.29) is 25.2 Å². The fraction of sp³-hybridized carbons (Fsp3) is 0.480. The molecule has 2 rings (SSSR count). The molecule has 1 heterocycles. The zero-order valence-corrected chi connectivity index (χ0v) is 21.2. The molecule has 0 saturated heterocycles. The summed E-state index contributed by atoms with van der Waals surface area (Å²) in [5.74, 6) is -3.28. The van der Waals surface area contributed by atoms with Crippen molar-refractivity contribution in [3.8, 4) is 0 Å². The molecule has 0 saturated carbocycles. The number of aliphatic carboxylic acids is 1. The first-order chi connectivity index (χ1) is 17.5. The minimum absolute atomic E-state index is 0.000899. The van der Waals surface area contributed by atoms with Crippen molar-refractivity contribution in [2.24, 2.45) is 11.7 Å². The number of rotatable bonds is 14. The molecule has 12 heteroatoms. The highest BCUT2D eigenvalue weighted by molar-refractivity contribution is 5.94. The zero-order chi connectivity index (χ0) is 27.5. The molecular formula is C25H36N6O6. The van der Waals surface area contributed by atoms with E-state index < -0.39 is 54.0 Å². The third-order valence-electron chi connectivity index (χ3n) is 5.67. The summed E-state index contributed by atoms with van der Waals surface area (Å²) in [7, 11) is 0. The Labute approximate surface area is 215 Å². The molecule has 8 N–H and O–H groups in total. The van der Waals surface area contributed by atoms with Gasteiger partial charge in [0.2, 0.25) is 17.7 Å². The molecule has 37 heavy (non-hydrogen) atoms. The van der Waals surface area contributed by atoms with Crippen molar-refractivity contribution in [2.75, 3.05) is 0 Å². The molecule has 0 aliphatic rings. The van der Waals surface area contributed by atoms with Gasteiger partial charge >= 0.3 is 5.97 Å². The summed E-state index contributed by atoms with van der Waals surface area (Å²) in [5, 5.41) is 27.0. The standard InChI is InChI=1S/C25H36N6O6/c1-14(2)9-18(30-24(35)21(26)15(3)32)22(33)29-19(11-17-12-27-13-28-17)23(34)31-20(25(36)37)10-16-7-5-4-6-8-16/h4-8,12-15,18-21,32H,9-11,26H2,1-3H3,(H,27,28)(H,29,33)(H,30,35)(H,31,34)(H,36,37). The number of aliphatic hydroxyl groups excluding tert-OH is 1. The van der Waals surface area contributed by atoms with Crippen LogP contribution in [0.4, 0.5) is 0 Å². The quantitative estimate of drug-likeness (QED) is 0.174. The second-order valence-corrected chi connectivity index (χ2v) is 9.39. The lowest BCUT2D eigenvalue weighted by Gasteiger charge is -2.26. The maximum atomic E-state index is 13.2. The van der Waals surface area contributed by atoms with Crippen LogP contribution in [0.25, 0.3) is 0 Å². The summed E-state index contributed by atoms with van der Waals surface area (Å²) in [6.45, 7) is 5.08. The summed E-state index contributed by atoms with van der Waals surface area (Å²) in [4.78, 5) is 57.5. The van der Waals surface area contributed by atoms with Crippen molar-refractivity contribution in [2.45, 2.75) is 70.3 Å². The first kappa shape index (κ1) is 29.5. The Morgan fingerprint density at radius 2 is 1.51 bits per heavy atom. The SMILES string of the molecule is CC(C)CC(NC(=O)C(N)C(C)O)C(=O)NC(Cc1cnc[nH]1)C(=O)NC(Cc1ccccc1)C(=O)O. The molecule has 0 aliphatic carbocycles. The number of amides is 3. The Morgan fingerprint density at radius 3 is 2.05 bits per heavy atom. The Balaban J connectivity index is 2.21. The van der Waals surface area contributed by atoms with E-state index >= 15 is 0 Å². The van der Waals surface area contributed by atoms with E-state index in [4.69, 9.17) is 5.73 Å².